The lowest BCUT2D eigenvalue weighted by molar-refractivity contribution is -0.137. The van der Waals surface area contributed by atoms with E-state index in [0.29, 0.717) is 37.8 Å². The smallest absolute Gasteiger partial charge is 0.353 e. The fraction of sp³-hybridized carbons (Fsp3) is 0.389. The van der Waals surface area contributed by atoms with Crippen molar-refractivity contribution >= 4 is 23.4 Å². The largest absolute Gasteiger partial charge is 0.416 e. The van der Waals surface area contributed by atoms with Crippen LogP contribution in [0.25, 0.3) is 0 Å². The van der Waals surface area contributed by atoms with Gasteiger partial charge in [0.1, 0.15) is 5.82 Å². The molecule has 27 heavy (non-hydrogen) atoms. The number of carbonyl (C=O) groups excluding carboxylic acids is 1. The van der Waals surface area contributed by atoms with E-state index in [9.17, 15) is 18.0 Å². The van der Waals surface area contributed by atoms with E-state index in [1.54, 1.807) is 11.8 Å². The fourth-order valence-corrected chi connectivity index (χ4v) is 2.89. The molecule has 9 heteroatoms. The van der Waals surface area contributed by atoms with Gasteiger partial charge in [0, 0.05) is 50.6 Å². The summed E-state index contributed by atoms with van der Waals surface area (Å²) in [5, 5.41) is 2.95. The zero-order valence-electron chi connectivity index (χ0n) is 15.0. The van der Waals surface area contributed by atoms with Crippen LogP contribution in [0.1, 0.15) is 18.2 Å². The minimum Gasteiger partial charge on any atom is -0.353 e. The Kier molecular flexibility index (Phi) is 5.20. The van der Waals surface area contributed by atoms with E-state index in [-0.39, 0.29) is 5.91 Å². The number of halogens is 3. The second-order valence-electron chi connectivity index (χ2n) is 6.38. The first-order valence-corrected chi connectivity index (χ1v) is 8.53. The highest BCUT2D eigenvalue weighted by Gasteiger charge is 2.30. The van der Waals surface area contributed by atoms with Crippen molar-refractivity contribution < 1.29 is 18.0 Å². The number of nitrogens with zero attached hydrogens (tertiary/aromatic N) is 4. The Hall–Kier alpha value is -2.84. The fourth-order valence-electron chi connectivity index (χ4n) is 2.89. The van der Waals surface area contributed by atoms with Crippen molar-refractivity contribution in [2.75, 3.05) is 36.4 Å². The number of aryl methyl sites for hydroxylation is 1. The molecule has 1 aromatic heterocycles. The normalized spacial score (nSPS) is 15.0. The second-order valence-corrected chi connectivity index (χ2v) is 6.38. The Morgan fingerprint density at radius 1 is 1.07 bits per heavy atom. The maximum Gasteiger partial charge on any atom is 0.416 e. The zero-order chi connectivity index (χ0) is 19.6. The number of nitrogens with one attached hydrogen (secondary N) is 1. The van der Waals surface area contributed by atoms with Gasteiger partial charge < -0.3 is 15.1 Å². The Morgan fingerprint density at radius 3 is 2.26 bits per heavy atom. The number of rotatable bonds is 3. The predicted molar refractivity (Wildman–Crippen MR) is 96.0 cm³/mol. The van der Waals surface area contributed by atoms with Gasteiger partial charge >= 0.3 is 6.18 Å². The zero-order valence-corrected chi connectivity index (χ0v) is 15.0. The van der Waals surface area contributed by atoms with Crippen molar-refractivity contribution in [2.24, 2.45) is 0 Å². The van der Waals surface area contributed by atoms with Crippen molar-refractivity contribution in [1.82, 2.24) is 14.9 Å². The Balaban J connectivity index is 1.73. The molecule has 0 aliphatic carbocycles. The van der Waals surface area contributed by atoms with E-state index in [1.165, 1.54) is 12.1 Å². The summed E-state index contributed by atoms with van der Waals surface area (Å²) in [7, 11) is 0. The molecule has 3 rings (SSSR count). The van der Waals surface area contributed by atoms with Gasteiger partial charge in [-0.05, 0) is 31.2 Å². The molecule has 0 saturated carbocycles. The molecule has 1 amide bonds. The lowest BCUT2D eigenvalue weighted by Crippen LogP contribution is -2.48. The van der Waals surface area contributed by atoms with Gasteiger partial charge in [0.05, 0.1) is 5.56 Å². The van der Waals surface area contributed by atoms with Crippen molar-refractivity contribution in [3.05, 3.63) is 41.6 Å². The summed E-state index contributed by atoms with van der Waals surface area (Å²) in [5.41, 5.74) is 0.506. The van der Waals surface area contributed by atoms with Crippen LogP contribution in [-0.2, 0) is 11.0 Å². The Bertz CT molecular complexity index is 815. The molecule has 1 fully saturated rings. The number of carbonyl (C=O) groups is 1. The highest BCUT2D eigenvalue weighted by atomic mass is 19.4. The van der Waals surface area contributed by atoms with Gasteiger partial charge in [0.15, 0.2) is 0 Å². The van der Waals surface area contributed by atoms with Crippen LogP contribution in [0.2, 0.25) is 0 Å². The molecule has 0 bridgehead atoms. The van der Waals surface area contributed by atoms with Crippen LogP contribution in [0.15, 0.2) is 30.3 Å². The van der Waals surface area contributed by atoms with E-state index < -0.39 is 11.7 Å². The lowest BCUT2D eigenvalue weighted by atomic mass is 10.2. The first-order chi connectivity index (χ1) is 12.7. The number of anilines is 3. The minimum absolute atomic E-state index is 0.0539. The molecular formula is C18H20F3N5O. The number of piperazine rings is 1. The molecule has 1 aliphatic rings. The number of benzene rings is 1. The summed E-state index contributed by atoms with van der Waals surface area (Å²) in [6.07, 6.45) is -4.37. The van der Waals surface area contributed by atoms with Gasteiger partial charge in [-0.2, -0.15) is 18.2 Å². The molecule has 0 radical (unpaired) electrons. The molecule has 1 saturated heterocycles. The molecule has 6 nitrogen and oxygen atoms in total. The van der Waals surface area contributed by atoms with Crippen LogP contribution in [0.5, 0.6) is 0 Å². The molecule has 1 N–H and O–H groups in total. The van der Waals surface area contributed by atoms with E-state index in [0.717, 1.165) is 23.6 Å². The monoisotopic (exact) mass is 379 g/mol. The number of hydrogen-bond donors (Lipinski definition) is 1. The molecule has 1 aliphatic heterocycles. The summed E-state index contributed by atoms with van der Waals surface area (Å²) in [4.78, 5) is 24.1. The van der Waals surface area contributed by atoms with Crippen LogP contribution in [-0.4, -0.2) is 47.0 Å². The van der Waals surface area contributed by atoms with E-state index in [1.807, 2.05) is 13.0 Å². The van der Waals surface area contributed by atoms with Crippen molar-refractivity contribution in [3.8, 4) is 0 Å². The summed E-state index contributed by atoms with van der Waals surface area (Å²) in [5.74, 6) is 1.09. The number of alkyl halides is 3. The minimum atomic E-state index is -4.37. The van der Waals surface area contributed by atoms with Gasteiger partial charge in [-0.1, -0.05) is 0 Å². The molecule has 1 aromatic carbocycles. The van der Waals surface area contributed by atoms with Gasteiger partial charge in [-0.25, -0.2) is 4.98 Å². The first kappa shape index (κ1) is 18.9. The lowest BCUT2D eigenvalue weighted by Gasteiger charge is -2.35. The average molecular weight is 379 g/mol. The maximum absolute atomic E-state index is 12.7. The molecule has 2 heterocycles. The van der Waals surface area contributed by atoms with Crippen LogP contribution in [0.4, 0.5) is 30.6 Å². The molecule has 2 aromatic rings. The Morgan fingerprint density at radius 2 is 1.70 bits per heavy atom. The Labute approximate surface area is 155 Å². The second kappa shape index (κ2) is 7.42. The first-order valence-electron chi connectivity index (χ1n) is 8.53. The summed E-state index contributed by atoms with van der Waals surface area (Å²) in [6.45, 7) is 5.96. The SMILES string of the molecule is CC(=O)N1CCN(c2cc(C)nc(Nc3ccc(C(F)(F)F)cc3)n2)CC1. The number of amides is 1. The summed E-state index contributed by atoms with van der Waals surface area (Å²) < 4.78 is 38.0. The van der Waals surface area contributed by atoms with Gasteiger partial charge in [0.2, 0.25) is 11.9 Å². The van der Waals surface area contributed by atoms with Gasteiger partial charge in [-0.15, -0.1) is 0 Å². The summed E-state index contributed by atoms with van der Waals surface area (Å²) in [6, 6.07) is 6.57. The topological polar surface area (TPSA) is 61.4 Å². The van der Waals surface area contributed by atoms with E-state index >= 15 is 0 Å². The van der Waals surface area contributed by atoms with Crippen LogP contribution in [0.3, 0.4) is 0 Å². The van der Waals surface area contributed by atoms with Crippen LogP contribution < -0.4 is 10.2 Å². The van der Waals surface area contributed by atoms with Crippen LogP contribution in [0, 0.1) is 6.92 Å². The predicted octanol–water partition coefficient (Wildman–Crippen LogP) is 3.22. The third-order valence-corrected chi connectivity index (χ3v) is 4.36. The van der Waals surface area contributed by atoms with E-state index in [4.69, 9.17) is 0 Å². The van der Waals surface area contributed by atoms with Crippen molar-refractivity contribution in [2.45, 2.75) is 20.0 Å². The quantitative estimate of drug-likeness (QED) is 0.887. The van der Waals surface area contributed by atoms with Gasteiger partial charge in [-0.3, -0.25) is 4.79 Å². The number of hydrogen-bond acceptors (Lipinski definition) is 5. The molecule has 0 atom stereocenters. The highest BCUT2D eigenvalue weighted by molar-refractivity contribution is 5.73. The van der Waals surface area contributed by atoms with Crippen molar-refractivity contribution in [3.63, 3.8) is 0 Å². The molecule has 0 spiro atoms. The standard InChI is InChI=1S/C18H20F3N5O/c1-12-11-16(26-9-7-25(8-10-26)13(2)27)24-17(22-12)23-15-5-3-14(4-6-15)18(19,20)21/h3-6,11H,7-10H2,1-2H3,(H,22,23,24). The average Bonchev–Trinajstić information content (AvgIpc) is 2.61. The number of aromatic nitrogens is 2. The van der Waals surface area contributed by atoms with Gasteiger partial charge in [0.25, 0.3) is 0 Å². The summed E-state index contributed by atoms with van der Waals surface area (Å²) >= 11 is 0. The molecule has 0 unspecified atom stereocenters. The highest BCUT2D eigenvalue weighted by Crippen LogP contribution is 2.30. The third-order valence-electron chi connectivity index (χ3n) is 4.36. The van der Waals surface area contributed by atoms with E-state index in [2.05, 4.69) is 20.2 Å². The molecular weight excluding hydrogens is 359 g/mol. The van der Waals surface area contributed by atoms with Crippen molar-refractivity contribution in [1.29, 1.82) is 0 Å². The molecule has 144 valence electrons. The van der Waals surface area contributed by atoms with Crippen LogP contribution >= 0.6 is 0 Å². The maximum atomic E-state index is 12.7. The third kappa shape index (κ3) is 4.66.